The zero-order valence-electron chi connectivity index (χ0n) is 25.2. The molecule has 0 amide bonds. The molecule has 0 radical (unpaired) electrons. The first-order valence-electron chi connectivity index (χ1n) is 14.9. The van der Waals surface area contributed by atoms with E-state index in [1.54, 1.807) is 0 Å². The average Bonchev–Trinajstić information content (AvgIpc) is 2.90. The van der Waals surface area contributed by atoms with Gasteiger partial charge in [0, 0.05) is 21.6 Å². The van der Waals surface area contributed by atoms with Crippen LogP contribution in [0.4, 0.5) is 11.4 Å². The molecule has 0 bridgehead atoms. The maximum Gasteiger partial charge on any atom is 1.00 e. The monoisotopic (exact) mass is 581 g/mol. The molecule has 3 unspecified atom stereocenters. The summed E-state index contributed by atoms with van der Waals surface area (Å²) in [5.74, 6) is 1.41. The number of anilines is 2. The average molecular weight is 582 g/mol. The summed E-state index contributed by atoms with van der Waals surface area (Å²) in [5.41, 5.74) is 4.98. The largest absolute Gasteiger partial charge is 1.00 e. The molecule has 0 aromatic heterocycles. The summed E-state index contributed by atoms with van der Waals surface area (Å²) >= 11 is 1.84. The molecule has 0 saturated heterocycles. The van der Waals surface area contributed by atoms with Crippen molar-refractivity contribution >= 4 is 33.3 Å². The molecule has 212 valence electrons. The van der Waals surface area contributed by atoms with E-state index in [1.165, 1.54) is 79.2 Å². The van der Waals surface area contributed by atoms with Gasteiger partial charge < -0.3 is 9.45 Å². The van der Waals surface area contributed by atoms with Gasteiger partial charge in [-0.2, -0.15) is 0 Å². The molecular formula is C32H48NNaO3S2. The predicted molar refractivity (Wildman–Crippen MR) is 162 cm³/mol. The Morgan fingerprint density at radius 3 is 1.64 bits per heavy atom. The van der Waals surface area contributed by atoms with E-state index >= 15 is 0 Å². The zero-order chi connectivity index (χ0) is 27.7. The molecular weight excluding hydrogens is 533 g/mol. The molecule has 1 aliphatic rings. The molecule has 0 N–H and O–H groups in total. The first-order chi connectivity index (χ1) is 18.2. The van der Waals surface area contributed by atoms with Gasteiger partial charge in [0.05, 0.1) is 21.5 Å². The van der Waals surface area contributed by atoms with Crippen molar-refractivity contribution in [1.82, 2.24) is 0 Å². The number of benzene rings is 2. The van der Waals surface area contributed by atoms with Crippen LogP contribution in [0.5, 0.6) is 0 Å². The standard InChI is InChI=1S/C32H49NO3S2.Na/c1-6-10-12-25(8-3)20-27-14-16-29-31(22-27)37-32-23-28(21-26(9-4)13-11-7-2)15-17-30(32)33(29)19-18-24(5)38(34,35)36;/h14-17,22-26H,6-13,18-21H2,1-5H3,(H,34,35,36);/q;+1/p-1. The Labute approximate surface area is 265 Å². The molecule has 3 rings (SSSR count). The number of nitrogens with zero attached hydrogens (tertiary/aromatic N) is 1. The maximum absolute atomic E-state index is 11.6. The number of unbranched alkanes of at least 4 members (excludes halogenated alkanes) is 2. The Balaban J connectivity index is 0.00000533. The SMILES string of the molecule is CCCCC(CC)Cc1ccc2c(c1)Sc1cc(CC(CC)CCCC)ccc1N2CCC(C)S(=O)(=O)[O-].[Na+]. The van der Waals surface area contributed by atoms with Crippen LogP contribution in [0.1, 0.15) is 104 Å². The molecule has 0 spiro atoms. The normalized spacial score (nSPS) is 15.2. The van der Waals surface area contributed by atoms with Crippen molar-refractivity contribution in [2.75, 3.05) is 11.4 Å². The third-order valence-electron chi connectivity index (χ3n) is 8.24. The van der Waals surface area contributed by atoms with Crippen molar-refractivity contribution in [3.8, 4) is 0 Å². The van der Waals surface area contributed by atoms with Gasteiger partial charge >= 0.3 is 29.6 Å². The van der Waals surface area contributed by atoms with Gasteiger partial charge in [-0.25, -0.2) is 8.42 Å². The minimum Gasteiger partial charge on any atom is -0.748 e. The number of fused-ring (bicyclic) bond motifs is 2. The molecule has 2 aromatic rings. The fourth-order valence-electron chi connectivity index (χ4n) is 5.48. The van der Waals surface area contributed by atoms with Crippen LogP contribution in [0.15, 0.2) is 46.2 Å². The first kappa shape index (κ1) is 34.7. The Morgan fingerprint density at radius 1 is 0.795 bits per heavy atom. The van der Waals surface area contributed by atoms with Gasteiger partial charge in [0.15, 0.2) is 0 Å². The minimum absolute atomic E-state index is 0. The quantitative estimate of drug-likeness (QED) is 0.176. The van der Waals surface area contributed by atoms with E-state index in [1.807, 2.05) is 11.8 Å². The van der Waals surface area contributed by atoms with E-state index in [4.69, 9.17) is 0 Å². The molecule has 3 atom stereocenters. The van der Waals surface area contributed by atoms with Gasteiger partial charge in [0.2, 0.25) is 0 Å². The summed E-state index contributed by atoms with van der Waals surface area (Å²) in [6.07, 6.45) is 12.5. The number of hydrogen-bond acceptors (Lipinski definition) is 5. The van der Waals surface area contributed by atoms with Crippen molar-refractivity contribution in [3.63, 3.8) is 0 Å². The maximum atomic E-state index is 11.6. The van der Waals surface area contributed by atoms with Crippen molar-refractivity contribution in [2.45, 2.75) is 120 Å². The van der Waals surface area contributed by atoms with E-state index in [0.29, 0.717) is 24.8 Å². The molecule has 1 heterocycles. The Morgan fingerprint density at radius 2 is 1.26 bits per heavy atom. The molecule has 7 heteroatoms. The van der Waals surface area contributed by atoms with E-state index in [9.17, 15) is 13.0 Å². The summed E-state index contributed by atoms with van der Waals surface area (Å²) in [4.78, 5) is 4.69. The second kappa shape index (κ2) is 16.8. The fraction of sp³-hybridized carbons (Fsp3) is 0.625. The van der Waals surface area contributed by atoms with E-state index < -0.39 is 15.4 Å². The van der Waals surface area contributed by atoms with E-state index in [2.05, 4.69) is 69.0 Å². The van der Waals surface area contributed by atoms with E-state index in [-0.39, 0.29) is 29.6 Å². The van der Waals surface area contributed by atoms with Gasteiger partial charge in [0.25, 0.3) is 0 Å². The van der Waals surface area contributed by atoms with Crippen LogP contribution in [0.2, 0.25) is 0 Å². The molecule has 39 heavy (non-hydrogen) atoms. The van der Waals surface area contributed by atoms with Crippen molar-refractivity contribution in [1.29, 1.82) is 0 Å². The summed E-state index contributed by atoms with van der Waals surface area (Å²) in [7, 11) is -4.30. The summed E-state index contributed by atoms with van der Waals surface area (Å²) in [5, 5.41) is -0.907. The topological polar surface area (TPSA) is 60.4 Å². The minimum atomic E-state index is -4.30. The third-order valence-corrected chi connectivity index (χ3v) is 10.6. The van der Waals surface area contributed by atoms with E-state index in [0.717, 1.165) is 24.2 Å². The van der Waals surface area contributed by atoms with Gasteiger partial charge in [0.1, 0.15) is 0 Å². The number of rotatable bonds is 16. The number of hydrogen-bond donors (Lipinski definition) is 0. The van der Waals surface area contributed by atoms with Crippen LogP contribution in [0.25, 0.3) is 0 Å². The molecule has 2 aromatic carbocycles. The zero-order valence-corrected chi connectivity index (χ0v) is 28.8. The van der Waals surface area contributed by atoms with Crippen LogP contribution < -0.4 is 34.5 Å². The van der Waals surface area contributed by atoms with Gasteiger partial charge in [-0.15, -0.1) is 0 Å². The molecule has 1 aliphatic heterocycles. The second-order valence-electron chi connectivity index (χ2n) is 11.2. The summed E-state index contributed by atoms with van der Waals surface area (Å²) in [6.45, 7) is 11.1. The molecule has 0 aliphatic carbocycles. The van der Waals surface area contributed by atoms with Crippen molar-refractivity contribution in [3.05, 3.63) is 47.5 Å². The first-order valence-corrected chi connectivity index (χ1v) is 17.1. The molecule has 4 nitrogen and oxygen atoms in total. The fourth-order valence-corrected chi connectivity index (χ4v) is 7.10. The smallest absolute Gasteiger partial charge is 0.748 e. The third kappa shape index (κ3) is 10.1. The van der Waals surface area contributed by atoms with Gasteiger partial charge in [-0.1, -0.05) is 103 Å². The van der Waals surface area contributed by atoms with Crippen LogP contribution in [0.3, 0.4) is 0 Å². The molecule has 0 fully saturated rings. The summed E-state index contributed by atoms with van der Waals surface area (Å²) in [6, 6.07) is 13.6. The summed E-state index contributed by atoms with van der Waals surface area (Å²) < 4.78 is 34.9. The second-order valence-corrected chi connectivity index (χ2v) is 14.1. The Hall–Kier alpha value is -0.500. The van der Waals surface area contributed by atoms with Crippen LogP contribution in [-0.4, -0.2) is 24.8 Å². The molecule has 0 saturated carbocycles. The van der Waals surface area contributed by atoms with Crippen molar-refractivity contribution < 1.29 is 42.5 Å². The predicted octanol–water partition coefficient (Wildman–Crippen LogP) is 6.13. The van der Waals surface area contributed by atoms with Crippen LogP contribution in [0, 0.1) is 11.8 Å². The Kier molecular flexibility index (Phi) is 15.0. The van der Waals surface area contributed by atoms with Crippen LogP contribution >= 0.6 is 11.8 Å². The van der Waals surface area contributed by atoms with Crippen LogP contribution in [-0.2, 0) is 23.0 Å². The van der Waals surface area contributed by atoms with Gasteiger partial charge in [-0.3, -0.25) is 0 Å². The Bertz CT molecular complexity index is 1070. The van der Waals surface area contributed by atoms with Crippen molar-refractivity contribution in [2.24, 2.45) is 11.8 Å². The van der Waals surface area contributed by atoms with Gasteiger partial charge in [-0.05, 0) is 73.4 Å².